The number of benzene rings is 1. The molecule has 0 aliphatic carbocycles. The highest BCUT2D eigenvalue weighted by atomic mass is 32.1. The van der Waals surface area contributed by atoms with Crippen LogP contribution in [0.2, 0.25) is 0 Å². The largest absolute Gasteiger partial charge is 0.459 e. The molecule has 2 N–H and O–H groups in total. The first kappa shape index (κ1) is 19.8. The van der Waals surface area contributed by atoms with Gasteiger partial charge in [0.05, 0.1) is 12.0 Å². The van der Waals surface area contributed by atoms with Gasteiger partial charge in [0.2, 0.25) is 5.91 Å². The van der Waals surface area contributed by atoms with E-state index >= 15 is 0 Å². The molecule has 0 aliphatic rings. The molecule has 0 radical (unpaired) electrons. The number of hydrogen-bond donors (Lipinski definition) is 2. The van der Waals surface area contributed by atoms with Crippen molar-refractivity contribution in [2.45, 2.75) is 32.6 Å². The summed E-state index contributed by atoms with van der Waals surface area (Å²) in [6, 6.07) is 11.5. The van der Waals surface area contributed by atoms with Crippen molar-refractivity contribution in [2.75, 3.05) is 11.9 Å². The highest BCUT2D eigenvalue weighted by Crippen LogP contribution is 2.28. The van der Waals surface area contributed by atoms with Gasteiger partial charge in [-0.3, -0.25) is 9.59 Å². The number of nitrogens with one attached hydrogen (secondary N) is 2. The molecule has 0 aliphatic heterocycles. The predicted molar refractivity (Wildman–Crippen MR) is 111 cm³/mol. The van der Waals surface area contributed by atoms with E-state index in [9.17, 15) is 9.59 Å². The van der Waals surface area contributed by atoms with Crippen molar-refractivity contribution >= 4 is 28.3 Å². The van der Waals surface area contributed by atoms with Gasteiger partial charge in [-0.15, -0.1) is 11.3 Å². The van der Waals surface area contributed by atoms with Crippen molar-refractivity contribution in [1.29, 1.82) is 0 Å². The van der Waals surface area contributed by atoms with E-state index in [2.05, 4.69) is 48.5 Å². The maximum absolute atomic E-state index is 12.1. The van der Waals surface area contributed by atoms with Crippen LogP contribution in [0.4, 0.5) is 5.13 Å². The number of aromatic nitrogens is 1. The number of rotatable bonds is 6. The monoisotopic (exact) mass is 397 g/mol. The number of carbonyl (C=O) groups is 2. The summed E-state index contributed by atoms with van der Waals surface area (Å²) in [4.78, 5) is 28.3. The summed E-state index contributed by atoms with van der Waals surface area (Å²) >= 11 is 1.37. The summed E-state index contributed by atoms with van der Waals surface area (Å²) < 4.78 is 5.00. The van der Waals surface area contributed by atoms with Gasteiger partial charge in [-0.25, -0.2) is 4.98 Å². The van der Waals surface area contributed by atoms with E-state index in [1.165, 1.54) is 23.2 Å². The normalized spacial score (nSPS) is 11.2. The lowest BCUT2D eigenvalue weighted by Gasteiger charge is -2.18. The zero-order chi connectivity index (χ0) is 20.1. The van der Waals surface area contributed by atoms with Gasteiger partial charge in [0.1, 0.15) is 0 Å². The molecule has 7 heteroatoms. The molecule has 3 aromatic rings. The van der Waals surface area contributed by atoms with Crippen LogP contribution in [0.3, 0.4) is 0 Å². The molecule has 1 aromatic carbocycles. The molecule has 0 unspecified atom stereocenters. The summed E-state index contributed by atoms with van der Waals surface area (Å²) in [5, 5.41) is 7.87. The molecule has 6 nitrogen and oxygen atoms in total. The summed E-state index contributed by atoms with van der Waals surface area (Å²) in [6.45, 7) is 6.75. The number of thiazole rings is 1. The third kappa shape index (κ3) is 5.07. The van der Waals surface area contributed by atoms with E-state index in [0.29, 0.717) is 5.13 Å². The maximum atomic E-state index is 12.1. The first-order valence-electron chi connectivity index (χ1n) is 9.01. The van der Waals surface area contributed by atoms with Crippen LogP contribution in [0.1, 0.15) is 43.3 Å². The van der Waals surface area contributed by atoms with Crippen molar-refractivity contribution in [2.24, 2.45) is 0 Å². The van der Waals surface area contributed by atoms with E-state index < -0.39 is 0 Å². The predicted octanol–water partition coefficient (Wildman–Crippen LogP) is 4.46. The molecule has 28 heavy (non-hydrogen) atoms. The second-order valence-corrected chi connectivity index (χ2v) is 8.25. The van der Waals surface area contributed by atoms with Crippen LogP contribution in [-0.2, 0) is 10.2 Å². The summed E-state index contributed by atoms with van der Waals surface area (Å²) in [6.07, 6.45) is 1.58. The van der Waals surface area contributed by atoms with E-state index in [1.807, 2.05) is 17.5 Å². The average Bonchev–Trinajstić information content (AvgIpc) is 3.33. The van der Waals surface area contributed by atoms with Crippen molar-refractivity contribution in [3.05, 3.63) is 59.4 Å². The number of furan rings is 1. The fourth-order valence-electron chi connectivity index (χ4n) is 2.57. The topological polar surface area (TPSA) is 84.2 Å². The van der Waals surface area contributed by atoms with Gasteiger partial charge in [0.15, 0.2) is 10.9 Å². The smallest absolute Gasteiger partial charge is 0.286 e. The van der Waals surface area contributed by atoms with Gasteiger partial charge in [-0.1, -0.05) is 45.0 Å². The molecule has 0 fully saturated rings. The summed E-state index contributed by atoms with van der Waals surface area (Å²) in [5.74, 6) is -0.320. The van der Waals surface area contributed by atoms with Gasteiger partial charge >= 0.3 is 0 Å². The van der Waals surface area contributed by atoms with Crippen LogP contribution in [0.5, 0.6) is 0 Å². The van der Waals surface area contributed by atoms with Crippen LogP contribution < -0.4 is 10.6 Å². The minimum Gasteiger partial charge on any atom is -0.459 e. The fraction of sp³-hybridized carbons (Fsp3) is 0.286. The number of anilines is 1. The molecule has 0 bridgehead atoms. The van der Waals surface area contributed by atoms with Gasteiger partial charge in [-0.05, 0) is 23.1 Å². The number of hydrogen-bond acceptors (Lipinski definition) is 5. The molecule has 0 atom stereocenters. The Bertz CT molecular complexity index is 938. The zero-order valence-electron chi connectivity index (χ0n) is 16.1. The lowest BCUT2D eigenvalue weighted by molar-refractivity contribution is -0.116. The molecular weight excluding hydrogens is 374 g/mol. The lowest BCUT2D eigenvalue weighted by Crippen LogP contribution is -2.27. The van der Waals surface area contributed by atoms with E-state index in [4.69, 9.17) is 4.42 Å². The van der Waals surface area contributed by atoms with Crippen LogP contribution in [0.15, 0.2) is 52.5 Å². The van der Waals surface area contributed by atoms with Crippen LogP contribution >= 0.6 is 11.3 Å². The third-order valence-electron chi connectivity index (χ3n) is 4.18. The maximum Gasteiger partial charge on any atom is 0.286 e. The van der Waals surface area contributed by atoms with E-state index in [-0.39, 0.29) is 36.0 Å². The summed E-state index contributed by atoms with van der Waals surface area (Å²) in [7, 11) is 0. The Morgan fingerprint density at radius 1 is 1.14 bits per heavy atom. The minimum atomic E-state index is -0.340. The van der Waals surface area contributed by atoms with E-state index in [1.54, 1.807) is 12.1 Å². The molecule has 0 saturated carbocycles. The van der Waals surface area contributed by atoms with Gasteiger partial charge in [0.25, 0.3) is 5.91 Å². The zero-order valence-corrected chi connectivity index (χ0v) is 16.9. The number of carbonyl (C=O) groups excluding carboxylic acids is 2. The third-order valence-corrected chi connectivity index (χ3v) is 4.94. The van der Waals surface area contributed by atoms with Crippen LogP contribution in [-0.4, -0.2) is 23.3 Å². The summed E-state index contributed by atoms with van der Waals surface area (Å²) in [5.41, 5.74) is 3.20. The Hall–Kier alpha value is -2.93. The Morgan fingerprint density at radius 2 is 1.89 bits per heavy atom. The highest BCUT2D eigenvalue weighted by Gasteiger charge is 2.14. The second kappa shape index (κ2) is 8.39. The standard InChI is InChI=1S/C21H23N3O3S/c1-21(2,3)15-8-6-14(7-9-15)16-13-28-20(23-16)24-18(25)10-11-22-19(26)17-5-4-12-27-17/h4-9,12-13H,10-11H2,1-3H3,(H,22,26)(H,23,24,25). The molecular formula is C21H23N3O3S. The van der Waals surface area contributed by atoms with Gasteiger partial charge < -0.3 is 15.1 Å². The quantitative estimate of drug-likeness (QED) is 0.643. The molecule has 2 amide bonds. The van der Waals surface area contributed by atoms with Crippen molar-refractivity contribution < 1.29 is 14.0 Å². The van der Waals surface area contributed by atoms with Crippen LogP contribution in [0, 0.1) is 0 Å². The Balaban J connectivity index is 1.51. The molecule has 2 aromatic heterocycles. The minimum absolute atomic E-state index is 0.103. The van der Waals surface area contributed by atoms with Gasteiger partial charge in [0, 0.05) is 23.9 Å². The molecule has 0 spiro atoms. The van der Waals surface area contributed by atoms with Crippen molar-refractivity contribution in [3.63, 3.8) is 0 Å². The molecule has 146 valence electrons. The van der Waals surface area contributed by atoms with Crippen LogP contribution in [0.25, 0.3) is 11.3 Å². The SMILES string of the molecule is CC(C)(C)c1ccc(-c2csc(NC(=O)CCNC(=O)c3ccco3)n2)cc1. The molecule has 3 rings (SSSR count). The van der Waals surface area contributed by atoms with Crippen molar-refractivity contribution in [3.8, 4) is 11.3 Å². The highest BCUT2D eigenvalue weighted by molar-refractivity contribution is 7.14. The number of amides is 2. The second-order valence-electron chi connectivity index (χ2n) is 7.40. The Kier molecular flexibility index (Phi) is 5.94. The average molecular weight is 398 g/mol. The van der Waals surface area contributed by atoms with E-state index in [0.717, 1.165) is 11.3 Å². The Morgan fingerprint density at radius 3 is 2.54 bits per heavy atom. The van der Waals surface area contributed by atoms with Gasteiger partial charge in [-0.2, -0.15) is 0 Å². The first-order valence-corrected chi connectivity index (χ1v) is 9.89. The number of nitrogens with zero attached hydrogens (tertiary/aromatic N) is 1. The molecule has 2 heterocycles. The lowest BCUT2D eigenvalue weighted by atomic mass is 9.86. The Labute approximate surface area is 168 Å². The van der Waals surface area contributed by atoms with Crippen molar-refractivity contribution in [1.82, 2.24) is 10.3 Å². The fourth-order valence-corrected chi connectivity index (χ4v) is 3.31. The molecule has 0 saturated heterocycles. The first-order chi connectivity index (χ1) is 13.3.